The van der Waals surface area contributed by atoms with E-state index in [0.717, 1.165) is 35.1 Å². The summed E-state index contributed by atoms with van der Waals surface area (Å²) < 4.78 is 5.34. The highest BCUT2D eigenvalue weighted by Gasteiger charge is 2.46. The van der Waals surface area contributed by atoms with Gasteiger partial charge < -0.3 is 24.8 Å². The first-order valence-corrected chi connectivity index (χ1v) is 11.1. The van der Waals surface area contributed by atoms with E-state index >= 15 is 0 Å². The number of benzene rings is 2. The lowest BCUT2D eigenvalue weighted by Crippen LogP contribution is -2.52. The third-order valence-corrected chi connectivity index (χ3v) is 6.61. The molecule has 2 aromatic carbocycles. The topological polar surface area (TPSA) is 77.7 Å². The predicted molar refractivity (Wildman–Crippen MR) is 123 cm³/mol. The largest absolute Gasteiger partial charge is 0.383 e. The first-order chi connectivity index (χ1) is 15.7. The van der Waals surface area contributed by atoms with Crippen LogP contribution < -0.4 is 5.32 Å². The number of hydrogen-bond donors (Lipinski definition) is 2. The second kappa shape index (κ2) is 8.76. The van der Waals surface area contributed by atoms with Crippen LogP contribution in [0.15, 0.2) is 54.7 Å². The van der Waals surface area contributed by atoms with Crippen LogP contribution in [0.3, 0.4) is 0 Å². The summed E-state index contributed by atoms with van der Waals surface area (Å²) in [4.78, 5) is 34.7. The molecule has 2 unspecified atom stereocenters. The van der Waals surface area contributed by atoms with E-state index in [4.69, 9.17) is 4.74 Å². The lowest BCUT2D eigenvalue weighted by atomic mass is 9.78. The molecule has 0 aliphatic carbocycles. The Morgan fingerprint density at radius 1 is 1.06 bits per heavy atom. The molecule has 7 nitrogen and oxygen atoms in total. The van der Waals surface area contributed by atoms with Gasteiger partial charge in [-0.3, -0.25) is 9.59 Å². The molecule has 2 amide bonds. The molecule has 2 N–H and O–H groups in total. The number of aromatic nitrogens is 1. The van der Waals surface area contributed by atoms with Gasteiger partial charge in [0.1, 0.15) is 0 Å². The summed E-state index contributed by atoms with van der Waals surface area (Å²) in [5.74, 6) is -0.459. The molecule has 2 aliphatic heterocycles. The van der Waals surface area contributed by atoms with Gasteiger partial charge in [-0.25, -0.2) is 0 Å². The molecule has 3 heterocycles. The van der Waals surface area contributed by atoms with E-state index in [1.54, 1.807) is 7.11 Å². The predicted octanol–water partition coefficient (Wildman–Crippen LogP) is 2.53. The second-order valence-corrected chi connectivity index (χ2v) is 8.37. The highest BCUT2D eigenvalue weighted by atomic mass is 16.5. The molecule has 1 saturated heterocycles. The third-order valence-electron chi connectivity index (χ3n) is 6.61. The Balaban J connectivity index is 1.69. The number of nitrogens with zero attached hydrogens (tertiary/aromatic N) is 2. The van der Waals surface area contributed by atoms with Gasteiger partial charge in [0.2, 0.25) is 5.91 Å². The Kier molecular flexibility index (Phi) is 5.68. The van der Waals surface area contributed by atoms with Crippen molar-refractivity contribution in [1.82, 2.24) is 20.1 Å². The quantitative estimate of drug-likeness (QED) is 0.650. The molecule has 1 aromatic heterocycles. The van der Waals surface area contributed by atoms with Gasteiger partial charge in [0.25, 0.3) is 5.91 Å². The van der Waals surface area contributed by atoms with Crippen molar-refractivity contribution in [3.63, 3.8) is 0 Å². The van der Waals surface area contributed by atoms with Crippen molar-refractivity contribution < 1.29 is 14.3 Å². The number of para-hydroxylation sites is 1. The Morgan fingerprint density at radius 2 is 1.81 bits per heavy atom. The van der Waals surface area contributed by atoms with Crippen LogP contribution in [0.2, 0.25) is 0 Å². The molecule has 32 heavy (non-hydrogen) atoms. The van der Waals surface area contributed by atoms with Gasteiger partial charge in [-0.05, 0) is 17.7 Å². The van der Waals surface area contributed by atoms with E-state index in [1.165, 1.54) is 0 Å². The standard InChI is InChI=1S/C25H28N4O3/c1-32-15-14-29-23(20-16-27-21-9-5-4-6-17(20)21)22(25(31)28-12-10-26-11-13-28)18-7-2-3-8-19(18)24(29)30/h2-9,16,22-23,26-27H,10-15H2,1H3. The van der Waals surface area contributed by atoms with E-state index in [9.17, 15) is 9.59 Å². The van der Waals surface area contributed by atoms with Crippen LogP contribution >= 0.6 is 0 Å². The summed E-state index contributed by atoms with van der Waals surface area (Å²) in [7, 11) is 1.63. The average Bonchev–Trinajstić information content (AvgIpc) is 3.27. The number of fused-ring (bicyclic) bond motifs is 2. The smallest absolute Gasteiger partial charge is 0.254 e. The van der Waals surface area contributed by atoms with Gasteiger partial charge in [0.15, 0.2) is 0 Å². The molecule has 7 heteroatoms. The number of piperazine rings is 1. The summed E-state index contributed by atoms with van der Waals surface area (Å²) in [5.41, 5.74) is 3.38. The van der Waals surface area contributed by atoms with E-state index in [0.29, 0.717) is 31.8 Å². The third kappa shape index (κ3) is 3.47. The van der Waals surface area contributed by atoms with Crippen LogP contribution in [0.25, 0.3) is 10.9 Å². The van der Waals surface area contributed by atoms with Crippen molar-refractivity contribution in [3.05, 3.63) is 71.4 Å². The zero-order valence-electron chi connectivity index (χ0n) is 18.2. The Hall–Kier alpha value is -3.16. The Morgan fingerprint density at radius 3 is 2.62 bits per heavy atom. The average molecular weight is 433 g/mol. The summed E-state index contributed by atoms with van der Waals surface area (Å²) in [6.45, 7) is 3.73. The zero-order chi connectivity index (χ0) is 22.1. The lowest BCUT2D eigenvalue weighted by Gasteiger charge is -2.43. The molecule has 2 aliphatic rings. The van der Waals surface area contributed by atoms with E-state index in [1.807, 2.05) is 64.5 Å². The van der Waals surface area contributed by atoms with Gasteiger partial charge in [-0.2, -0.15) is 0 Å². The summed E-state index contributed by atoms with van der Waals surface area (Å²) in [6, 6.07) is 15.2. The molecule has 0 spiro atoms. The lowest BCUT2D eigenvalue weighted by molar-refractivity contribution is -0.135. The maximum absolute atomic E-state index is 14.0. The number of H-pyrrole nitrogens is 1. The molecule has 3 aromatic rings. The minimum atomic E-state index is -0.474. The van der Waals surface area contributed by atoms with Gasteiger partial charge in [0.05, 0.1) is 18.6 Å². The highest BCUT2D eigenvalue weighted by Crippen LogP contribution is 2.45. The van der Waals surface area contributed by atoms with E-state index < -0.39 is 12.0 Å². The molecule has 0 bridgehead atoms. The Labute approximate surface area is 187 Å². The summed E-state index contributed by atoms with van der Waals surface area (Å²) in [5, 5.41) is 4.35. The van der Waals surface area contributed by atoms with Crippen LogP contribution in [0.1, 0.15) is 33.4 Å². The maximum Gasteiger partial charge on any atom is 0.254 e. The maximum atomic E-state index is 14.0. The zero-order valence-corrected chi connectivity index (χ0v) is 18.2. The monoisotopic (exact) mass is 432 g/mol. The number of amides is 2. The minimum absolute atomic E-state index is 0.0581. The normalized spacial score (nSPS) is 21.1. The van der Waals surface area contributed by atoms with E-state index in [-0.39, 0.29) is 11.8 Å². The number of carbonyl (C=O) groups excluding carboxylic acids is 2. The summed E-state index contributed by atoms with van der Waals surface area (Å²) >= 11 is 0. The molecule has 5 rings (SSSR count). The number of rotatable bonds is 5. The first-order valence-electron chi connectivity index (χ1n) is 11.1. The van der Waals surface area contributed by atoms with Crippen LogP contribution in [0, 0.1) is 0 Å². The van der Waals surface area contributed by atoms with Crippen molar-refractivity contribution in [2.75, 3.05) is 46.4 Å². The molecule has 1 fully saturated rings. The van der Waals surface area contributed by atoms with Crippen LogP contribution in [0.4, 0.5) is 0 Å². The van der Waals surface area contributed by atoms with Crippen molar-refractivity contribution in [2.24, 2.45) is 0 Å². The Bertz CT molecular complexity index is 1130. The van der Waals surface area contributed by atoms with Gasteiger partial charge in [0, 0.05) is 68.1 Å². The fourth-order valence-corrected chi connectivity index (χ4v) is 5.06. The molecular weight excluding hydrogens is 404 g/mol. The number of nitrogens with one attached hydrogen (secondary N) is 2. The minimum Gasteiger partial charge on any atom is -0.383 e. The molecule has 0 radical (unpaired) electrons. The number of ether oxygens (including phenoxy) is 1. The SMILES string of the molecule is COCCN1C(=O)c2ccccc2C(C(=O)N2CCNCC2)C1c1c[nH]c2ccccc12. The highest BCUT2D eigenvalue weighted by molar-refractivity contribution is 6.02. The first kappa shape index (κ1) is 20.7. The van der Waals surface area contributed by atoms with Crippen molar-refractivity contribution in [2.45, 2.75) is 12.0 Å². The number of hydrogen-bond acceptors (Lipinski definition) is 4. The number of methoxy groups -OCH3 is 1. The molecule has 166 valence electrons. The van der Waals surface area contributed by atoms with Gasteiger partial charge >= 0.3 is 0 Å². The van der Waals surface area contributed by atoms with Crippen LogP contribution in [0.5, 0.6) is 0 Å². The van der Waals surface area contributed by atoms with Crippen molar-refractivity contribution in [3.8, 4) is 0 Å². The van der Waals surface area contributed by atoms with Crippen molar-refractivity contribution >= 4 is 22.7 Å². The number of carbonyl (C=O) groups is 2. The van der Waals surface area contributed by atoms with E-state index in [2.05, 4.69) is 10.3 Å². The molecular formula is C25H28N4O3. The fourth-order valence-electron chi connectivity index (χ4n) is 5.06. The molecule has 0 saturated carbocycles. The van der Waals surface area contributed by atoms with Crippen molar-refractivity contribution in [1.29, 1.82) is 0 Å². The summed E-state index contributed by atoms with van der Waals surface area (Å²) in [6.07, 6.45) is 1.95. The molecule has 2 atom stereocenters. The second-order valence-electron chi connectivity index (χ2n) is 8.37. The number of aromatic amines is 1. The van der Waals surface area contributed by atoms with Crippen LogP contribution in [-0.2, 0) is 9.53 Å². The fraction of sp³-hybridized carbons (Fsp3) is 0.360. The van der Waals surface area contributed by atoms with Crippen LogP contribution in [-0.4, -0.2) is 73.0 Å². The van der Waals surface area contributed by atoms with Gasteiger partial charge in [-0.1, -0.05) is 36.4 Å². The van der Waals surface area contributed by atoms with Gasteiger partial charge in [-0.15, -0.1) is 0 Å².